The Bertz CT molecular complexity index is 646. The fourth-order valence-electron chi connectivity index (χ4n) is 3.50. The van der Waals surface area contributed by atoms with Gasteiger partial charge in [0.1, 0.15) is 0 Å². The molecule has 0 saturated carbocycles. The Kier molecular flexibility index (Phi) is 6.31. The van der Waals surface area contributed by atoms with E-state index >= 15 is 0 Å². The van der Waals surface area contributed by atoms with Gasteiger partial charge >= 0.3 is 5.97 Å². The number of carbonyl (C=O) groups is 2. The monoisotopic (exact) mass is 356 g/mol. The van der Waals surface area contributed by atoms with Crippen LogP contribution in [0.1, 0.15) is 39.0 Å². The number of anilines is 2. The first-order valence-corrected chi connectivity index (χ1v) is 9.57. The second-order valence-electron chi connectivity index (χ2n) is 7.40. The van der Waals surface area contributed by atoms with E-state index in [4.69, 9.17) is 4.74 Å². The van der Waals surface area contributed by atoms with Gasteiger partial charge < -0.3 is 15.0 Å². The molecule has 1 fully saturated rings. The van der Waals surface area contributed by atoms with Crippen LogP contribution in [0.15, 0.2) is 36.4 Å². The molecule has 140 valence electrons. The molecule has 1 N–H and O–H groups in total. The predicted molar refractivity (Wildman–Crippen MR) is 103 cm³/mol. The minimum Gasteiger partial charge on any atom is -0.456 e. The molecule has 2 aliphatic rings. The summed E-state index contributed by atoms with van der Waals surface area (Å²) >= 11 is 0. The molecule has 1 aromatic carbocycles. The highest BCUT2D eigenvalue weighted by molar-refractivity contribution is 5.93. The number of hydrogen-bond donors (Lipinski definition) is 1. The van der Waals surface area contributed by atoms with Gasteiger partial charge in [0.05, 0.1) is 6.42 Å². The van der Waals surface area contributed by atoms with E-state index in [2.05, 4.69) is 23.2 Å². The van der Waals surface area contributed by atoms with Gasteiger partial charge in [0.15, 0.2) is 6.61 Å². The largest absolute Gasteiger partial charge is 0.456 e. The Balaban J connectivity index is 1.41. The van der Waals surface area contributed by atoms with Crippen LogP contribution in [-0.4, -0.2) is 31.6 Å². The zero-order chi connectivity index (χ0) is 18.4. The third kappa shape index (κ3) is 5.35. The Labute approximate surface area is 155 Å². The lowest BCUT2D eigenvalue weighted by Gasteiger charge is -2.32. The number of esters is 1. The van der Waals surface area contributed by atoms with Gasteiger partial charge in [-0.3, -0.25) is 9.59 Å². The van der Waals surface area contributed by atoms with E-state index in [0.717, 1.165) is 37.5 Å². The first kappa shape index (κ1) is 18.5. The van der Waals surface area contributed by atoms with Gasteiger partial charge in [0, 0.05) is 24.5 Å². The number of benzene rings is 1. The van der Waals surface area contributed by atoms with Crippen molar-refractivity contribution < 1.29 is 14.3 Å². The van der Waals surface area contributed by atoms with E-state index in [-0.39, 0.29) is 24.4 Å². The van der Waals surface area contributed by atoms with Crippen molar-refractivity contribution >= 4 is 23.3 Å². The summed E-state index contributed by atoms with van der Waals surface area (Å²) in [7, 11) is 0. The fourth-order valence-corrected chi connectivity index (χ4v) is 3.50. The summed E-state index contributed by atoms with van der Waals surface area (Å²) in [4.78, 5) is 26.1. The molecular weight excluding hydrogens is 328 g/mol. The first-order chi connectivity index (χ1) is 12.6. The molecular formula is C21H28N2O3. The van der Waals surface area contributed by atoms with Gasteiger partial charge in [-0.2, -0.15) is 0 Å². The third-order valence-corrected chi connectivity index (χ3v) is 5.21. The maximum Gasteiger partial charge on any atom is 0.306 e. The molecule has 0 spiro atoms. The van der Waals surface area contributed by atoms with Gasteiger partial charge in [-0.25, -0.2) is 0 Å². The van der Waals surface area contributed by atoms with Crippen LogP contribution in [0.5, 0.6) is 0 Å². The molecule has 5 heteroatoms. The van der Waals surface area contributed by atoms with Gasteiger partial charge in [-0.1, -0.05) is 19.1 Å². The molecule has 1 saturated heterocycles. The van der Waals surface area contributed by atoms with Gasteiger partial charge in [0.2, 0.25) is 0 Å². The molecule has 26 heavy (non-hydrogen) atoms. The first-order valence-electron chi connectivity index (χ1n) is 9.57. The molecule has 1 aromatic rings. The highest BCUT2D eigenvalue weighted by Gasteiger charge is 2.17. The summed E-state index contributed by atoms with van der Waals surface area (Å²) in [6.45, 7) is 4.23. The Morgan fingerprint density at radius 1 is 1.15 bits per heavy atom. The molecule has 1 atom stereocenters. The van der Waals surface area contributed by atoms with Crippen molar-refractivity contribution in [3.63, 3.8) is 0 Å². The van der Waals surface area contributed by atoms with Crippen LogP contribution in [-0.2, 0) is 14.3 Å². The van der Waals surface area contributed by atoms with E-state index < -0.39 is 0 Å². The minimum absolute atomic E-state index is 0.235. The lowest BCUT2D eigenvalue weighted by atomic mass is 9.99. The number of nitrogens with one attached hydrogen (secondary N) is 1. The number of nitrogens with zero attached hydrogens (tertiary/aromatic N) is 1. The molecule has 1 aliphatic heterocycles. The summed E-state index contributed by atoms with van der Waals surface area (Å²) in [5.41, 5.74) is 1.91. The summed E-state index contributed by atoms with van der Waals surface area (Å²) in [6.07, 6.45) is 8.94. The van der Waals surface area contributed by atoms with Crippen molar-refractivity contribution in [3.8, 4) is 0 Å². The quantitative estimate of drug-likeness (QED) is 0.623. The van der Waals surface area contributed by atoms with Gasteiger partial charge in [-0.05, 0) is 61.8 Å². The fraction of sp³-hybridized carbons (Fsp3) is 0.524. The second-order valence-corrected chi connectivity index (χ2v) is 7.40. The van der Waals surface area contributed by atoms with Crippen LogP contribution < -0.4 is 10.2 Å². The summed E-state index contributed by atoms with van der Waals surface area (Å²) in [5.74, 6) is 0.444. The Hall–Kier alpha value is -2.30. The number of piperidine rings is 1. The topological polar surface area (TPSA) is 58.6 Å². The smallest absolute Gasteiger partial charge is 0.306 e. The van der Waals surface area contributed by atoms with Crippen molar-refractivity contribution in [2.75, 3.05) is 29.9 Å². The Morgan fingerprint density at radius 3 is 2.54 bits per heavy atom. The van der Waals surface area contributed by atoms with Gasteiger partial charge in [-0.15, -0.1) is 0 Å². The highest BCUT2D eigenvalue weighted by Crippen LogP contribution is 2.24. The van der Waals surface area contributed by atoms with Crippen molar-refractivity contribution in [3.05, 3.63) is 36.4 Å². The molecule has 0 bridgehead atoms. The van der Waals surface area contributed by atoms with Crippen molar-refractivity contribution in [1.82, 2.24) is 0 Å². The predicted octanol–water partition coefficient (Wildman–Crippen LogP) is 3.76. The Morgan fingerprint density at radius 2 is 1.88 bits per heavy atom. The highest BCUT2D eigenvalue weighted by atomic mass is 16.5. The van der Waals surface area contributed by atoms with Crippen molar-refractivity contribution in [1.29, 1.82) is 0 Å². The second kappa shape index (κ2) is 8.88. The van der Waals surface area contributed by atoms with Gasteiger partial charge in [0.25, 0.3) is 5.91 Å². The zero-order valence-electron chi connectivity index (χ0n) is 15.4. The standard InChI is InChI=1S/C21H28N2O3/c1-16-10-12-23(13-11-16)19-8-6-18(7-9-19)22-20(24)15-26-21(25)14-17-4-2-3-5-17/h2,4,6-9,16-17H,3,5,10-15H2,1H3,(H,22,24)/t17-/m1/s1. The van der Waals surface area contributed by atoms with Crippen LogP contribution in [0, 0.1) is 11.8 Å². The normalized spacial score (nSPS) is 20.2. The summed E-state index contributed by atoms with van der Waals surface area (Å²) < 4.78 is 5.07. The van der Waals surface area contributed by atoms with Crippen molar-refractivity contribution in [2.45, 2.75) is 39.0 Å². The van der Waals surface area contributed by atoms with E-state index in [1.165, 1.54) is 18.5 Å². The zero-order valence-corrected chi connectivity index (χ0v) is 15.4. The molecule has 0 unspecified atom stereocenters. The molecule has 0 radical (unpaired) electrons. The van der Waals surface area contributed by atoms with E-state index in [0.29, 0.717) is 6.42 Å². The maximum absolute atomic E-state index is 12.0. The summed E-state index contributed by atoms with van der Waals surface area (Å²) in [5, 5.41) is 2.78. The van der Waals surface area contributed by atoms with E-state index in [1.807, 2.05) is 30.3 Å². The number of carbonyl (C=O) groups excluding carboxylic acids is 2. The lowest BCUT2D eigenvalue weighted by molar-refractivity contribution is -0.147. The van der Waals surface area contributed by atoms with E-state index in [1.54, 1.807) is 0 Å². The average Bonchev–Trinajstić information content (AvgIpc) is 3.14. The molecule has 1 aliphatic carbocycles. The van der Waals surface area contributed by atoms with E-state index in [9.17, 15) is 9.59 Å². The molecule has 1 amide bonds. The summed E-state index contributed by atoms with van der Waals surface area (Å²) in [6, 6.07) is 7.86. The molecule has 1 heterocycles. The number of allylic oxidation sites excluding steroid dienone is 2. The molecule has 5 nitrogen and oxygen atoms in total. The average molecular weight is 356 g/mol. The molecule has 0 aromatic heterocycles. The van der Waals surface area contributed by atoms with Crippen LogP contribution in [0.4, 0.5) is 11.4 Å². The molecule has 3 rings (SSSR count). The number of hydrogen-bond acceptors (Lipinski definition) is 4. The minimum atomic E-state index is -0.314. The third-order valence-electron chi connectivity index (χ3n) is 5.21. The van der Waals surface area contributed by atoms with Crippen LogP contribution in [0.25, 0.3) is 0 Å². The van der Waals surface area contributed by atoms with Crippen molar-refractivity contribution in [2.24, 2.45) is 11.8 Å². The number of ether oxygens (including phenoxy) is 1. The number of amides is 1. The lowest BCUT2D eigenvalue weighted by Crippen LogP contribution is -2.32. The number of rotatable bonds is 6. The van der Waals surface area contributed by atoms with Crippen LogP contribution >= 0.6 is 0 Å². The van der Waals surface area contributed by atoms with Crippen LogP contribution in [0.3, 0.4) is 0 Å². The maximum atomic E-state index is 12.0. The van der Waals surface area contributed by atoms with Crippen LogP contribution in [0.2, 0.25) is 0 Å². The SMILES string of the molecule is CC1CCN(c2ccc(NC(=O)COC(=O)C[C@@H]3C=CCC3)cc2)CC1.